The molecule has 0 fully saturated rings. The lowest BCUT2D eigenvalue weighted by molar-refractivity contribution is -0.116. The topological polar surface area (TPSA) is 102 Å². The lowest BCUT2D eigenvalue weighted by atomic mass is 9.84. The molecule has 2 heterocycles. The van der Waals surface area contributed by atoms with Crippen LogP contribution in [0.1, 0.15) is 48.6 Å². The Bertz CT molecular complexity index is 1140. The fourth-order valence-corrected chi connectivity index (χ4v) is 3.54. The summed E-state index contributed by atoms with van der Waals surface area (Å²) >= 11 is 0. The molecule has 0 aliphatic carbocycles. The number of aliphatic imine (C=N–C) groups is 1. The number of halogens is 1. The van der Waals surface area contributed by atoms with Crippen molar-refractivity contribution in [3.8, 4) is 5.75 Å². The first-order chi connectivity index (χ1) is 14.6. The van der Waals surface area contributed by atoms with Gasteiger partial charge < -0.3 is 5.11 Å². The fraction of sp³-hybridized carbons (Fsp3) is 0.348. The molecule has 1 aromatic heterocycles. The van der Waals surface area contributed by atoms with E-state index >= 15 is 0 Å². The first kappa shape index (κ1) is 22.3. The average Bonchev–Trinajstić information content (AvgIpc) is 3.26. The molecule has 0 saturated carbocycles. The second kappa shape index (κ2) is 8.75. The number of aromatic nitrogens is 2. The van der Waals surface area contributed by atoms with Crippen LogP contribution in [-0.2, 0) is 23.7 Å². The molecule has 1 aromatic carbocycles. The zero-order valence-electron chi connectivity index (χ0n) is 17.7. The van der Waals surface area contributed by atoms with E-state index in [2.05, 4.69) is 9.98 Å². The molecule has 8 heteroatoms. The summed E-state index contributed by atoms with van der Waals surface area (Å²) in [5, 5.41) is 10.3. The number of carbonyl (C=O) groups excluding carboxylic acids is 2. The summed E-state index contributed by atoms with van der Waals surface area (Å²) in [5.41, 5.74) is -0.611. The van der Waals surface area contributed by atoms with Gasteiger partial charge in [0.1, 0.15) is 11.6 Å². The molecule has 7 nitrogen and oxygen atoms in total. The Morgan fingerprint density at radius 2 is 1.87 bits per heavy atom. The van der Waals surface area contributed by atoms with Crippen LogP contribution in [0.4, 0.5) is 4.39 Å². The maximum Gasteiger partial charge on any atom is 0.296 e. The number of ketones is 2. The molecular formula is C23H24FN3O4. The molecule has 0 atom stereocenters. The maximum atomic E-state index is 13.0. The lowest BCUT2D eigenvalue weighted by Crippen LogP contribution is -2.34. The fourth-order valence-electron chi connectivity index (χ4n) is 3.54. The third kappa shape index (κ3) is 4.84. The second-order valence-corrected chi connectivity index (χ2v) is 8.21. The van der Waals surface area contributed by atoms with Crippen LogP contribution in [0.3, 0.4) is 0 Å². The molecule has 3 rings (SSSR count). The Morgan fingerprint density at radius 3 is 2.48 bits per heavy atom. The van der Waals surface area contributed by atoms with Gasteiger partial charge in [0, 0.05) is 37.1 Å². The van der Waals surface area contributed by atoms with Gasteiger partial charge in [-0.1, -0.05) is 26.0 Å². The molecule has 1 aliphatic rings. The number of nitrogens with zero attached hydrogens (tertiary/aromatic N) is 3. The monoisotopic (exact) mass is 425 g/mol. The minimum absolute atomic E-state index is 0.0115. The van der Waals surface area contributed by atoms with E-state index < -0.39 is 22.5 Å². The summed E-state index contributed by atoms with van der Waals surface area (Å²) in [6.07, 6.45) is 3.60. The number of Topliss-reactive ketones (excluding diaryl/α,β-unsaturated/α-hetero) is 2. The summed E-state index contributed by atoms with van der Waals surface area (Å²) in [6.45, 7) is 3.84. The number of carbonyl (C=O) groups is 2. The molecular weight excluding hydrogens is 401 g/mol. The van der Waals surface area contributed by atoms with E-state index in [1.54, 1.807) is 38.3 Å². The van der Waals surface area contributed by atoms with Gasteiger partial charge in [0.25, 0.3) is 5.56 Å². The Labute approximate surface area is 179 Å². The third-order valence-corrected chi connectivity index (χ3v) is 5.29. The van der Waals surface area contributed by atoms with E-state index in [4.69, 9.17) is 0 Å². The molecule has 0 unspecified atom stereocenters. The molecule has 31 heavy (non-hydrogen) atoms. The number of aromatic hydroxyl groups is 1. The van der Waals surface area contributed by atoms with Crippen molar-refractivity contribution in [2.75, 3.05) is 6.54 Å². The van der Waals surface area contributed by atoms with Crippen LogP contribution in [-0.4, -0.2) is 39.0 Å². The standard InChI is InChI=1S/C23H24FN3O4/c1-23(2,12-18(29)15-10-11-25-13-15)22-26-19(20(30)21(31)27(22)3)17(28)9-6-14-4-7-16(24)8-5-14/h4-5,7-8,10-11,30H,6,9,12-13H2,1-3H3. The van der Waals surface area contributed by atoms with Crippen LogP contribution < -0.4 is 5.56 Å². The molecule has 0 amide bonds. The van der Waals surface area contributed by atoms with Crippen LogP contribution in [0.15, 0.2) is 45.7 Å². The van der Waals surface area contributed by atoms with Crippen molar-refractivity contribution >= 4 is 17.8 Å². The summed E-state index contributed by atoms with van der Waals surface area (Å²) in [5.74, 6) is -1.48. The molecule has 1 N–H and O–H groups in total. The van der Waals surface area contributed by atoms with Crippen molar-refractivity contribution in [3.05, 3.63) is 69.2 Å². The van der Waals surface area contributed by atoms with E-state index in [1.807, 2.05) is 0 Å². The molecule has 0 spiro atoms. The van der Waals surface area contributed by atoms with Crippen molar-refractivity contribution in [2.24, 2.45) is 12.0 Å². The Kier molecular flexibility index (Phi) is 6.29. The van der Waals surface area contributed by atoms with Gasteiger partial charge in [-0.3, -0.25) is 23.9 Å². The first-order valence-corrected chi connectivity index (χ1v) is 9.90. The van der Waals surface area contributed by atoms with Crippen molar-refractivity contribution < 1.29 is 19.1 Å². The predicted octanol–water partition coefficient (Wildman–Crippen LogP) is 2.69. The minimum atomic E-state index is -0.867. The van der Waals surface area contributed by atoms with Gasteiger partial charge in [-0.25, -0.2) is 9.37 Å². The summed E-state index contributed by atoms with van der Waals surface area (Å²) in [7, 11) is 1.45. The van der Waals surface area contributed by atoms with Crippen molar-refractivity contribution in [1.82, 2.24) is 9.55 Å². The van der Waals surface area contributed by atoms with E-state index in [0.717, 1.165) is 5.56 Å². The zero-order valence-corrected chi connectivity index (χ0v) is 17.7. The zero-order chi connectivity index (χ0) is 22.8. The normalized spacial score (nSPS) is 13.4. The summed E-state index contributed by atoms with van der Waals surface area (Å²) in [4.78, 5) is 46.2. The van der Waals surface area contributed by atoms with Crippen LogP contribution in [0, 0.1) is 5.82 Å². The smallest absolute Gasteiger partial charge is 0.296 e. The number of aryl methyl sites for hydroxylation is 1. The molecule has 1 aliphatic heterocycles. The highest BCUT2D eigenvalue weighted by Crippen LogP contribution is 2.28. The number of hydrogen-bond acceptors (Lipinski definition) is 6. The first-order valence-electron chi connectivity index (χ1n) is 9.90. The highest BCUT2D eigenvalue weighted by Gasteiger charge is 2.32. The molecule has 0 saturated heterocycles. The SMILES string of the molecule is Cn1c(C(C)(C)CC(=O)C2=CC=NC2)nc(C(=O)CCc2ccc(F)cc2)c(O)c1=O. The molecule has 162 valence electrons. The van der Waals surface area contributed by atoms with Crippen molar-refractivity contribution in [3.63, 3.8) is 0 Å². The Balaban J connectivity index is 1.86. The van der Waals surface area contributed by atoms with Gasteiger partial charge >= 0.3 is 0 Å². The van der Waals surface area contributed by atoms with Gasteiger partial charge in [-0.15, -0.1) is 0 Å². The van der Waals surface area contributed by atoms with E-state index in [9.17, 15) is 23.9 Å². The number of allylic oxidation sites excluding steroid dienone is 1. The Hall–Kier alpha value is -3.42. The molecule has 2 aromatic rings. The quantitative estimate of drug-likeness (QED) is 0.655. The van der Waals surface area contributed by atoms with E-state index in [1.165, 1.54) is 23.7 Å². The predicted molar refractivity (Wildman–Crippen MR) is 114 cm³/mol. The number of hydrogen-bond donors (Lipinski definition) is 1. The average molecular weight is 425 g/mol. The van der Waals surface area contributed by atoms with Gasteiger partial charge in [-0.2, -0.15) is 0 Å². The van der Waals surface area contributed by atoms with E-state index in [-0.39, 0.29) is 36.0 Å². The number of rotatable bonds is 8. The third-order valence-electron chi connectivity index (χ3n) is 5.29. The minimum Gasteiger partial charge on any atom is -0.501 e. The van der Waals surface area contributed by atoms with Gasteiger partial charge in [0.05, 0.1) is 6.54 Å². The Morgan fingerprint density at radius 1 is 1.19 bits per heavy atom. The molecule has 0 radical (unpaired) electrons. The highest BCUT2D eigenvalue weighted by molar-refractivity contribution is 6.01. The van der Waals surface area contributed by atoms with E-state index in [0.29, 0.717) is 18.5 Å². The van der Waals surface area contributed by atoms with Gasteiger partial charge in [-0.05, 0) is 30.2 Å². The summed E-state index contributed by atoms with van der Waals surface area (Å²) < 4.78 is 14.2. The van der Waals surface area contributed by atoms with Gasteiger partial charge in [0.2, 0.25) is 5.75 Å². The summed E-state index contributed by atoms with van der Waals surface area (Å²) in [6, 6.07) is 5.75. The lowest BCUT2D eigenvalue weighted by Gasteiger charge is -2.26. The number of benzene rings is 1. The van der Waals surface area contributed by atoms with Crippen molar-refractivity contribution in [1.29, 1.82) is 0 Å². The van der Waals surface area contributed by atoms with Crippen LogP contribution in [0.2, 0.25) is 0 Å². The van der Waals surface area contributed by atoms with Crippen molar-refractivity contribution in [2.45, 2.75) is 38.5 Å². The largest absolute Gasteiger partial charge is 0.501 e. The van der Waals surface area contributed by atoms with Crippen LogP contribution in [0.5, 0.6) is 5.75 Å². The van der Waals surface area contributed by atoms with Gasteiger partial charge in [0.15, 0.2) is 17.3 Å². The highest BCUT2D eigenvalue weighted by atomic mass is 19.1. The maximum absolute atomic E-state index is 13.0. The van der Waals surface area contributed by atoms with Crippen LogP contribution >= 0.6 is 0 Å². The second-order valence-electron chi connectivity index (χ2n) is 8.21. The molecule has 0 bridgehead atoms. The van der Waals surface area contributed by atoms with Crippen LogP contribution in [0.25, 0.3) is 0 Å².